The molecule has 2 aliphatic heterocycles. The Balaban J connectivity index is 0.000000282. The molecule has 3 aromatic rings. The molecular formula is C31H43Cl2N10NaO12S2. The van der Waals surface area contributed by atoms with Gasteiger partial charge in [0.05, 0.1) is 38.5 Å². The number of nitrogens with two attached hydrogens (primary N) is 1. The van der Waals surface area contributed by atoms with Gasteiger partial charge < -0.3 is 59.8 Å². The number of hydrogen-bond acceptors (Lipinski definition) is 23. The van der Waals surface area contributed by atoms with Crippen molar-refractivity contribution in [3.63, 3.8) is 0 Å². The average molecular weight is 906 g/mol. The summed E-state index contributed by atoms with van der Waals surface area (Å²) in [6.07, 6.45) is -1.58. The predicted molar refractivity (Wildman–Crippen MR) is 207 cm³/mol. The number of aliphatic hydroxyl groups is 2. The van der Waals surface area contributed by atoms with Crippen LogP contribution in [-0.2, 0) is 28.4 Å². The van der Waals surface area contributed by atoms with E-state index in [1.807, 2.05) is 0 Å². The largest absolute Gasteiger partial charge is 1.00 e. The number of anilines is 2. The number of rotatable bonds is 15. The van der Waals surface area contributed by atoms with E-state index in [1.54, 1.807) is 4.68 Å². The van der Waals surface area contributed by atoms with Crippen LogP contribution in [0.4, 0.5) is 21.1 Å². The summed E-state index contributed by atoms with van der Waals surface area (Å²) < 4.78 is 33.8. The van der Waals surface area contributed by atoms with Gasteiger partial charge in [-0.25, -0.2) is 34.2 Å². The minimum absolute atomic E-state index is 0. The Bertz CT molecular complexity index is 1830. The summed E-state index contributed by atoms with van der Waals surface area (Å²) in [4.78, 5) is 48.5. The maximum atomic E-state index is 11.6. The van der Waals surface area contributed by atoms with E-state index in [-0.39, 0.29) is 97.6 Å². The van der Waals surface area contributed by atoms with Crippen LogP contribution in [0.1, 0.15) is 53.0 Å². The van der Waals surface area contributed by atoms with E-state index in [0.717, 1.165) is 29.7 Å². The minimum Gasteiger partial charge on any atom is -0.444 e. The van der Waals surface area contributed by atoms with Crippen LogP contribution in [0.5, 0.6) is 0 Å². The second-order valence-electron chi connectivity index (χ2n) is 12.2. The zero-order valence-corrected chi connectivity index (χ0v) is 36.0. The van der Waals surface area contributed by atoms with Crippen molar-refractivity contribution in [1.82, 2.24) is 34.9 Å². The third-order valence-corrected chi connectivity index (χ3v) is 11.2. The summed E-state index contributed by atoms with van der Waals surface area (Å²) in [5.41, 5.74) is 7.10. The van der Waals surface area contributed by atoms with Crippen molar-refractivity contribution in [2.75, 3.05) is 49.0 Å². The average Bonchev–Trinajstić information content (AvgIpc) is 3.99. The topological polar surface area (TPSA) is 303 Å². The molecule has 0 radical (unpaired) electrons. The van der Waals surface area contributed by atoms with Gasteiger partial charge >= 0.3 is 41.9 Å². The van der Waals surface area contributed by atoms with Crippen molar-refractivity contribution in [1.29, 1.82) is 0 Å². The van der Waals surface area contributed by atoms with E-state index >= 15 is 0 Å². The molecule has 58 heavy (non-hydrogen) atoms. The van der Waals surface area contributed by atoms with Crippen LogP contribution in [0.25, 0.3) is 11.2 Å². The Morgan fingerprint density at radius 1 is 0.879 bits per heavy atom. The predicted octanol–water partition coefficient (Wildman–Crippen LogP) is 1.17. The number of aliphatic hydroxyl groups excluding tert-OH is 2. The van der Waals surface area contributed by atoms with Gasteiger partial charge in [0, 0.05) is 24.3 Å². The van der Waals surface area contributed by atoms with E-state index in [2.05, 4.69) is 49.4 Å². The Hall–Kier alpha value is -2.78. The fourth-order valence-corrected chi connectivity index (χ4v) is 8.18. The fraction of sp³-hybridized carbons (Fsp3) is 0.677. The van der Waals surface area contributed by atoms with Crippen molar-refractivity contribution in [2.45, 2.75) is 106 Å². The summed E-state index contributed by atoms with van der Waals surface area (Å²) in [7, 11) is 0. The number of ether oxygens (including phenoxy) is 6. The molecule has 0 aromatic carbocycles. The Labute approximate surface area is 372 Å². The van der Waals surface area contributed by atoms with Gasteiger partial charge in [0.1, 0.15) is 17.9 Å². The van der Waals surface area contributed by atoms with Gasteiger partial charge in [-0.1, -0.05) is 73.2 Å². The summed E-state index contributed by atoms with van der Waals surface area (Å²) in [5, 5.41) is 39.9. The van der Waals surface area contributed by atoms with Gasteiger partial charge in [0.2, 0.25) is 0 Å². The molecule has 8 atom stereocenters. The second kappa shape index (κ2) is 23.9. The van der Waals surface area contributed by atoms with Crippen LogP contribution in [0.15, 0.2) is 15.7 Å². The number of nitrogens with one attached hydrogen (secondary N) is 1. The molecular weight excluding hydrogens is 862 g/mol. The van der Waals surface area contributed by atoms with Gasteiger partial charge in [-0.3, -0.25) is 0 Å². The van der Waals surface area contributed by atoms with Crippen molar-refractivity contribution in [3.8, 4) is 0 Å². The first-order valence-corrected chi connectivity index (χ1v) is 20.1. The number of thioether (sulfide) groups is 2. The molecule has 0 amide bonds. The third-order valence-electron chi connectivity index (χ3n) is 8.54. The van der Waals surface area contributed by atoms with Crippen LogP contribution < -0.4 is 40.6 Å². The van der Waals surface area contributed by atoms with Gasteiger partial charge in [0.15, 0.2) is 62.0 Å². The zero-order valence-electron chi connectivity index (χ0n) is 30.9. The number of carbonyl (C=O) groups excluding carboxylic acids is 2. The number of fused-ring (bicyclic) bond motifs is 3. The number of nitrogens with zero attached hydrogens (tertiary/aromatic N) is 8. The van der Waals surface area contributed by atoms with E-state index in [4.69, 9.17) is 77.7 Å². The Morgan fingerprint density at radius 2 is 1.40 bits per heavy atom. The molecule has 7 rings (SSSR count). The molecule has 2 aliphatic carbocycles. The first kappa shape index (κ1) is 49.6. The Kier molecular flexibility index (Phi) is 20.4. The van der Waals surface area contributed by atoms with Gasteiger partial charge in [-0.05, 0) is 12.8 Å². The quantitative estimate of drug-likeness (QED) is 0.0316. The first-order valence-electron chi connectivity index (χ1n) is 17.3. The van der Waals surface area contributed by atoms with Crippen LogP contribution >= 0.6 is 46.7 Å². The van der Waals surface area contributed by atoms with Crippen LogP contribution in [0.3, 0.4) is 0 Å². The van der Waals surface area contributed by atoms with E-state index < -0.39 is 42.8 Å². The van der Waals surface area contributed by atoms with Crippen molar-refractivity contribution in [2.24, 2.45) is 5.34 Å². The maximum absolute atomic E-state index is 11.6. The number of hydrogen-bond donors (Lipinski definition) is 4. The van der Waals surface area contributed by atoms with Crippen LogP contribution in [0.2, 0.25) is 10.3 Å². The second-order valence-corrected chi connectivity index (χ2v) is 15.1. The molecule has 22 nitrogen and oxygen atoms in total. The number of carbonyl (C=O) groups is 2. The monoisotopic (exact) mass is 904 g/mol. The molecule has 2 saturated heterocycles. The van der Waals surface area contributed by atoms with Gasteiger partial charge in [-0.15, -0.1) is 10.4 Å². The van der Waals surface area contributed by atoms with E-state index in [9.17, 15) is 9.59 Å². The number of halogens is 2. The molecule has 0 spiro atoms. The standard InChI is InChI=1S/C15H18ClN5O5S.C15H21ClN4O5S.CH4.HNO2.Na/c1-2-5-27-14-17-12(16)9-13(18-14)21(20-19-9)7-6-8(24-4-3-22)11-10(7)25-15(23)26-11;1-2-5-26-14-19-12(16)9(17)13(20-14)18-7-6-8(23-4-3-21)11-10(7)24-15(22)25-11;;2-1-3;/h7-8,10-11,22H,2-6H2,1H3;7-8,10-11,21H,2-6,17H2,1H3,(H,18,19,20);1H4;(H,2,3);/q;;;;+1/p-1/t2*7-,8+,10+,11-;;;/m11.../s1. The fourth-order valence-electron chi connectivity index (χ4n) is 6.32. The van der Waals surface area contributed by atoms with E-state index in [1.165, 1.54) is 23.5 Å². The van der Waals surface area contributed by atoms with Crippen molar-refractivity contribution in [3.05, 3.63) is 20.4 Å². The molecule has 3 aromatic heterocycles. The molecule has 27 heteroatoms. The van der Waals surface area contributed by atoms with Crippen molar-refractivity contribution >= 4 is 81.7 Å². The normalized spacial score (nSPS) is 24.9. The van der Waals surface area contributed by atoms with E-state index in [0.29, 0.717) is 40.1 Å². The summed E-state index contributed by atoms with van der Waals surface area (Å²) >= 11 is 15.4. The molecule has 5 heterocycles. The summed E-state index contributed by atoms with van der Waals surface area (Å²) in [6, 6.07) is -0.683. The molecule has 0 bridgehead atoms. The third kappa shape index (κ3) is 11.9. The zero-order chi connectivity index (χ0) is 40.4. The smallest absolute Gasteiger partial charge is 0.444 e. The van der Waals surface area contributed by atoms with Gasteiger partial charge in [0.25, 0.3) is 0 Å². The number of nitrogen functional groups attached to an aromatic ring is 1. The van der Waals surface area contributed by atoms with Gasteiger partial charge in [-0.2, -0.15) is 0 Å². The summed E-state index contributed by atoms with van der Waals surface area (Å²) in [5.74, 6) is 2.11. The molecule has 0 unspecified atom stereocenters. The molecule has 4 aliphatic rings. The molecule has 316 valence electrons. The van der Waals surface area contributed by atoms with Crippen LogP contribution in [0, 0.1) is 10.1 Å². The minimum atomic E-state index is -0.747. The molecule has 5 N–H and O–H groups in total. The molecule has 4 fully saturated rings. The Morgan fingerprint density at radius 3 is 1.98 bits per heavy atom. The molecule has 2 saturated carbocycles. The van der Waals surface area contributed by atoms with Crippen LogP contribution in [-0.4, -0.2) is 138 Å². The van der Waals surface area contributed by atoms with Crippen molar-refractivity contribution < 1.29 is 77.8 Å². The first-order chi connectivity index (χ1) is 27.1. The SMILES string of the molecule is C.CCCSc1nc(Cl)c(N)c(N[C@@H]2C[C@H](OCCO)[C@H]3OC(=O)O[C@H]32)n1.CCCSc1nc(Cl)c2nnn([C@@H]3C[C@H](OCCO)[C@H]4OC(=O)O[C@H]43)c2n1.O=N[O-].[Na+]. The maximum Gasteiger partial charge on any atom is 1.00 e. The summed E-state index contributed by atoms with van der Waals surface area (Å²) in [6.45, 7) is 4.18. The number of aromatic nitrogens is 7.